The molecule has 4 rings (SSSR count). The van der Waals surface area contributed by atoms with E-state index in [1.807, 2.05) is 66.9 Å². The van der Waals surface area contributed by atoms with E-state index < -0.39 is 0 Å². The van der Waals surface area contributed by atoms with E-state index in [-0.39, 0.29) is 0 Å². The van der Waals surface area contributed by atoms with E-state index in [0.29, 0.717) is 5.71 Å². The van der Waals surface area contributed by atoms with Gasteiger partial charge >= 0.3 is 0 Å². The molecule has 4 heteroatoms. The van der Waals surface area contributed by atoms with Crippen LogP contribution in [0.15, 0.2) is 66.7 Å². The van der Waals surface area contributed by atoms with Gasteiger partial charge in [-0.05, 0) is 22.9 Å². The monoisotopic (exact) mass is 327 g/mol. The van der Waals surface area contributed by atoms with Crippen LogP contribution >= 0.6 is 11.3 Å². The molecule has 4 aromatic rings. The Balaban J connectivity index is 1.88. The SMILES string of the molecule is N#CNc1c(C(=N)c2ccc3ccccc3c2)sc2ccccc12. The maximum Gasteiger partial charge on any atom is 0.181 e. The fraction of sp³-hybridized carbons (Fsp3) is 0. The van der Waals surface area contributed by atoms with E-state index in [9.17, 15) is 0 Å². The van der Waals surface area contributed by atoms with E-state index in [4.69, 9.17) is 10.7 Å². The molecule has 0 fully saturated rings. The third-order valence-corrected chi connectivity index (χ3v) is 5.23. The maximum absolute atomic E-state index is 9.09. The molecule has 2 N–H and O–H groups in total. The van der Waals surface area contributed by atoms with Gasteiger partial charge in [0.05, 0.1) is 16.3 Å². The quantitative estimate of drug-likeness (QED) is 0.302. The van der Waals surface area contributed by atoms with Crippen LogP contribution in [0.25, 0.3) is 20.9 Å². The highest BCUT2D eigenvalue weighted by atomic mass is 32.1. The average molecular weight is 327 g/mol. The summed E-state index contributed by atoms with van der Waals surface area (Å²) in [5.74, 6) is 0. The highest BCUT2D eigenvalue weighted by Gasteiger charge is 2.17. The van der Waals surface area contributed by atoms with Crippen LogP contribution in [-0.4, -0.2) is 5.71 Å². The van der Waals surface area contributed by atoms with Crippen molar-refractivity contribution in [3.8, 4) is 6.19 Å². The van der Waals surface area contributed by atoms with E-state index in [1.165, 1.54) is 11.3 Å². The molecule has 3 nitrogen and oxygen atoms in total. The summed E-state index contributed by atoms with van der Waals surface area (Å²) in [5.41, 5.74) is 2.00. The fourth-order valence-electron chi connectivity index (χ4n) is 2.88. The van der Waals surface area contributed by atoms with Crippen LogP contribution in [0.2, 0.25) is 0 Å². The number of anilines is 1. The van der Waals surface area contributed by atoms with Crippen LogP contribution in [0.4, 0.5) is 5.69 Å². The van der Waals surface area contributed by atoms with Gasteiger partial charge in [0.2, 0.25) is 0 Å². The van der Waals surface area contributed by atoms with Crippen LogP contribution in [0.1, 0.15) is 10.4 Å². The molecular weight excluding hydrogens is 314 g/mol. The first-order valence-electron chi connectivity index (χ1n) is 7.52. The Kier molecular flexibility index (Phi) is 3.49. The number of nitrogens with one attached hydrogen (secondary N) is 2. The number of rotatable bonds is 3. The van der Waals surface area contributed by atoms with Gasteiger partial charge < -0.3 is 0 Å². The predicted octanol–water partition coefficient (Wildman–Crippen LogP) is 5.36. The molecular formula is C20H13N3S. The lowest BCUT2D eigenvalue weighted by molar-refractivity contribution is 1.47. The van der Waals surface area contributed by atoms with Crippen molar-refractivity contribution in [3.63, 3.8) is 0 Å². The van der Waals surface area contributed by atoms with Crippen LogP contribution in [0.3, 0.4) is 0 Å². The summed E-state index contributed by atoms with van der Waals surface area (Å²) in [6.45, 7) is 0. The first-order chi connectivity index (χ1) is 11.8. The van der Waals surface area contributed by atoms with Crippen molar-refractivity contribution >= 4 is 43.6 Å². The Hall–Kier alpha value is -3.16. The van der Waals surface area contributed by atoms with E-state index >= 15 is 0 Å². The zero-order chi connectivity index (χ0) is 16.5. The van der Waals surface area contributed by atoms with Crippen molar-refractivity contribution in [2.45, 2.75) is 0 Å². The summed E-state index contributed by atoms with van der Waals surface area (Å²) in [7, 11) is 0. The summed E-state index contributed by atoms with van der Waals surface area (Å²) in [5, 5.41) is 23.7. The standard InChI is InChI=1S/C20H13N3S/c21-12-23-19-16-7-3-4-8-17(16)24-20(19)18(22)15-10-9-13-5-1-2-6-14(13)11-15/h1-11,22-23H. The van der Waals surface area contributed by atoms with Gasteiger partial charge in [-0.1, -0.05) is 54.6 Å². The lowest BCUT2D eigenvalue weighted by Crippen LogP contribution is -2.02. The number of benzene rings is 3. The highest BCUT2D eigenvalue weighted by Crippen LogP contribution is 2.37. The molecule has 24 heavy (non-hydrogen) atoms. The summed E-state index contributed by atoms with van der Waals surface area (Å²) in [6.07, 6.45) is 2.00. The zero-order valence-electron chi connectivity index (χ0n) is 12.7. The molecule has 0 saturated heterocycles. The Morgan fingerprint density at radius 2 is 1.71 bits per heavy atom. The lowest BCUT2D eigenvalue weighted by atomic mass is 10.0. The van der Waals surface area contributed by atoms with Gasteiger partial charge in [0.25, 0.3) is 0 Å². The Bertz CT molecular complexity index is 1120. The molecule has 3 aromatic carbocycles. The summed E-state index contributed by atoms with van der Waals surface area (Å²) in [4.78, 5) is 0.785. The molecule has 1 aromatic heterocycles. The second kappa shape index (κ2) is 5.80. The largest absolute Gasteiger partial charge is 0.299 e. The minimum Gasteiger partial charge on any atom is -0.299 e. The zero-order valence-corrected chi connectivity index (χ0v) is 13.5. The molecule has 0 amide bonds. The molecule has 1 heterocycles. The normalized spacial score (nSPS) is 10.6. The first kappa shape index (κ1) is 14.4. The van der Waals surface area contributed by atoms with Crippen molar-refractivity contribution in [3.05, 3.63) is 77.2 Å². The molecule has 0 spiro atoms. The number of nitrogens with zero attached hydrogens (tertiary/aromatic N) is 1. The van der Waals surface area contributed by atoms with Gasteiger partial charge in [-0.15, -0.1) is 11.3 Å². The second-order valence-corrected chi connectivity index (χ2v) is 6.53. The molecule has 0 radical (unpaired) electrons. The molecule has 0 unspecified atom stereocenters. The van der Waals surface area contributed by atoms with Crippen LogP contribution < -0.4 is 5.32 Å². The Labute approximate surface area is 143 Å². The third kappa shape index (κ3) is 2.32. The van der Waals surface area contributed by atoms with Crippen molar-refractivity contribution in [2.75, 3.05) is 5.32 Å². The smallest absolute Gasteiger partial charge is 0.181 e. The van der Waals surface area contributed by atoms with Crippen molar-refractivity contribution < 1.29 is 0 Å². The molecule has 0 aliphatic heterocycles. The third-order valence-electron chi connectivity index (χ3n) is 4.04. The summed E-state index contributed by atoms with van der Waals surface area (Å²) < 4.78 is 1.07. The van der Waals surface area contributed by atoms with Crippen LogP contribution in [0, 0.1) is 16.9 Å². The van der Waals surface area contributed by atoms with E-state index in [2.05, 4.69) is 11.4 Å². The van der Waals surface area contributed by atoms with Crippen molar-refractivity contribution in [1.82, 2.24) is 0 Å². The average Bonchev–Trinajstić information content (AvgIpc) is 3.00. The van der Waals surface area contributed by atoms with Gasteiger partial charge in [-0.25, -0.2) is 0 Å². The Morgan fingerprint density at radius 1 is 0.958 bits per heavy atom. The lowest BCUT2D eigenvalue weighted by Gasteiger charge is -2.06. The minimum absolute atomic E-state index is 0.430. The first-order valence-corrected chi connectivity index (χ1v) is 8.34. The highest BCUT2D eigenvalue weighted by molar-refractivity contribution is 7.21. The van der Waals surface area contributed by atoms with E-state index in [0.717, 1.165) is 37.0 Å². The summed E-state index contributed by atoms with van der Waals surface area (Å²) >= 11 is 1.53. The van der Waals surface area contributed by atoms with Gasteiger partial charge in [0, 0.05) is 15.6 Å². The maximum atomic E-state index is 9.09. The topological polar surface area (TPSA) is 59.7 Å². The second-order valence-electron chi connectivity index (χ2n) is 5.48. The van der Waals surface area contributed by atoms with Gasteiger partial charge in [0.15, 0.2) is 6.19 Å². The van der Waals surface area contributed by atoms with Gasteiger partial charge in [-0.3, -0.25) is 10.7 Å². The fourth-order valence-corrected chi connectivity index (χ4v) is 4.01. The number of fused-ring (bicyclic) bond motifs is 2. The van der Waals surface area contributed by atoms with Gasteiger partial charge in [-0.2, -0.15) is 5.26 Å². The van der Waals surface area contributed by atoms with E-state index in [1.54, 1.807) is 0 Å². The van der Waals surface area contributed by atoms with Crippen molar-refractivity contribution in [1.29, 1.82) is 10.7 Å². The minimum atomic E-state index is 0.430. The van der Waals surface area contributed by atoms with Gasteiger partial charge in [0.1, 0.15) is 0 Å². The Morgan fingerprint density at radius 3 is 2.54 bits per heavy atom. The number of hydrogen-bond acceptors (Lipinski definition) is 4. The molecule has 0 aliphatic rings. The molecule has 0 bridgehead atoms. The molecule has 0 aliphatic carbocycles. The number of thiophene rings is 1. The van der Waals surface area contributed by atoms with Crippen molar-refractivity contribution in [2.24, 2.45) is 0 Å². The molecule has 0 atom stereocenters. The number of hydrogen-bond donors (Lipinski definition) is 2. The summed E-state index contributed by atoms with van der Waals surface area (Å²) in [6, 6.07) is 22.0. The molecule has 114 valence electrons. The van der Waals surface area contributed by atoms with Crippen LogP contribution in [-0.2, 0) is 0 Å². The number of nitriles is 1. The molecule has 0 saturated carbocycles. The predicted molar refractivity (Wildman–Crippen MR) is 101 cm³/mol. The van der Waals surface area contributed by atoms with Crippen LogP contribution in [0.5, 0.6) is 0 Å².